The number of esters is 1. The number of amides is 3. The predicted molar refractivity (Wildman–Crippen MR) is 291 cm³/mol. The summed E-state index contributed by atoms with van der Waals surface area (Å²) in [5, 5.41) is 9.12. The van der Waals surface area contributed by atoms with Gasteiger partial charge in [0.2, 0.25) is 11.8 Å². The van der Waals surface area contributed by atoms with Crippen LogP contribution in [0.1, 0.15) is 133 Å². The summed E-state index contributed by atoms with van der Waals surface area (Å²) in [4.78, 5) is 64.8. The Balaban J connectivity index is 1.44. The van der Waals surface area contributed by atoms with Crippen LogP contribution in [0, 0.1) is 23.2 Å². The third-order valence-electron chi connectivity index (χ3n) is 16.0. The van der Waals surface area contributed by atoms with Gasteiger partial charge in [0.25, 0.3) is 14.2 Å². The van der Waals surface area contributed by atoms with Crippen molar-refractivity contribution in [1.29, 1.82) is 0 Å². The van der Waals surface area contributed by atoms with Crippen molar-refractivity contribution < 1.29 is 28.3 Å². The molecule has 2 aromatic heterocycles. The van der Waals surface area contributed by atoms with Gasteiger partial charge in [0.05, 0.1) is 23.9 Å². The monoisotopic (exact) mass is 1000 g/mol. The molecule has 6 bridgehead atoms. The van der Waals surface area contributed by atoms with Crippen molar-refractivity contribution in [2.24, 2.45) is 23.2 Å². The SMILES string of the molecule is CCn1c(-c2cccnc2C(C)C)c2c3cc(ccc31)-c1cc(cc(O[Si](C(C)C)(C(C)C)C(C)C)c1)C[C@H](NC(=O)[C@H](C(C)C)N(C)C(=O)[C@@H]1CNC[C@@H]1C)C(=O)N1CCC[C@H](N1)C(=O)OCC(C)(C)C2. The molecule has 3 amide bonds. The highest BCUT2D eigenvalue weighted by Crippen LogP contribution is 2.45. The first kappa shape index (κ1) is 54.7. The largest absolute Gasteiger partial charge is 0.543 e. The van der Waals surface area contributed by atoms with Gasteiger partial charge < -0.3 is 29.3 Å². The summed E-state index contributed by atoms with van der Waals surface area (Å²) in [6.45, 7) is 33.0. The van der Waals surface area contributed by atoms with E-state index in [2.05, 4.69) is 146 Å². The molecule has 0 spiro atoms. The standard InChI is InChI=1S/C58H85N7O6Si/c1-16-64-50-22-21-41-29-45(50)46(53(64)44-19-17-23-60-51(44)34(2)3)30-58(13,14)33-70-57(69)48-20-18-24-65(62-48)56(68)49(61-54(66)52(35(4)5)63(15)55(67)47-32-59-31-39(47)12)27-40-25-42(41)28-43(26-40)71-72(36(6)7,37(8)9)38(10)11/h17,19,21-23,25-26,28-29,34-39,47-49,52,59,62H,16,18,20,24,27,30-33H2,1-15H3,(H,61,66)/t39-,47+,48-,49-,52-/m0/s1. The lowest BCUT2D eigenvalue weighted by Crippen LogP contribution is -2.62. The van der Waals surface area contributed by atoms with Crippen LogP contribution in [0.5, 0.6) is 5.75 Å². The zero-order valence-electron chi connectivity index (χ0n) is 46.1. The minimum Gasteiger partial charge on any atom is -0.543 e. The summed E-state index contributed by atoms with van der Waals surface area (Å²) in [5.74, 6) is -0.747. The number of cyclic esters (lactones) is 1. The van der Waals surface area contributed by atoms with Crippen LogP contribution >= 0.6 is 0 Å². The van der Waals surface area contributed by atoms with Crippen molar-refractivity contribution >= 4 is 42.9 Å². The average Bonchev–Trinajstić information content (AvgIpc) is 3.90. The van der Waals surface area contributed by atoms with E-state index >= 15 is 4.79 Å². The Hall–Kier alpha value is -5.05. The van der Waals surface area contributed by atoms with Crippen molar-refractivity contribution in [3.8, 4) is 28.1 Å². The molecule has 0 aliphatic carbocycles. The normalized spacial score (nSPS) is 21.4. The van der Waals surface area contributed by atoms with Gasteiger partial charge in [0.1, 0.15) is 23.9 Å². The summed E-state index contributed by atoms with van der Waals surface area (Å²) in [5.41, 5.74) is 11.9. The van der Waals surface area contributed by atoms with Gasteiger partial charge >= 0.3 is 5.97 Å². The molecule has 3 aliphatic heterocycles. The summed E-state index contributed by atoms with van der Waals surface area (Å²) >= 11 is 0. The third-order valence-corrected chi connectivity index (χ3v) is 22.0. The van der Waals surface area contributed by atoms with Crippen molar-refractivity contribution in [2.75, 3.05) is 33.3 Å². The molecule has 0 unspecified atom stereocenters. The lowest BCUT2D eigenvalue weighted by molar-refractivity contribution is -0.155. The fourth-order valence-corrected chi connectivity index (χ4v) is 17.6. The predicted octanol–water partition coefficient (Wildman–Crippen LogP) is 10.1. The van der Waals surface area contributed by atoms with Gasteiger partial charge in [-0.25, -0.2) is 5.43 Å². The highest BCUT2D eigenvalue weighted by Gasteiger charge is 2.47. The molecule has 2 aromatic carbocycles. The number of hydrogen-bond acceptors (Lipinski definition) is 9. The molecule has 4 aromatic rings. The molecule has 392 valence electrons. The van der Waals surface area contributed by atoms with E-state index in [1.807, 2.05) is 26.1 Å². The van der Waals surface area contributed by atoms with E-state index in [4.69, 9.17) is 14.1 Å². The Bertz CT molecular complexity index is 2600. The fraction of sp³-hybridized carbons (Fsp3) is 0.603. The Kier molecular flexibility index (Phi) is 16.9. The Morgan fingerprint density at radius 3 is 2.29 bits per heavy atom. The number of carbonyl (C=O) groups excluding carboxylic acids is 4. The fourth-order valence-electron chi connectivity index (χ4n) is 12.4. The van der Waals surface area contributed by atoms with Crippen LogP contribution in [0.4, 0.5) is 0 Å². The maximum atomic E-state index is 15.2. The molecule has 0 saturated carbocycles. The van der Waals surface area contributed by atoms with Crippen molar-refractivity contribution in [3.05, 3.63) is 71.5 Å². The highest BCUT2D eigenvalue weighted by atomic mass is 28.4. The van der Waals surface area contributed by atoms with Gasteiger partial charge in [0, 0.05) is 61.2 Å². The van der Waals surface area contributed by atoms with Crippen molar-refractivity contribution in [2.45, 2.75) is 170 Å². The number of rotatable bonds is 13. The first-order chi connectivity index (χ1) is 34.0. The van der Waals surface area contributed by atoms with Crippen LogP contribution in [-0.2, 0) is 43.3 Å². The quantitative estimate of drug-likeness (QED) is 0.0880. The summed E-state index contributed by atoms with van der Waals surface area (Å²) < 4.78 is 16.1. The van der Waals surface area contributed by atoms with Crippen molar-refractivity contribution in [1.82, 2.24) is 35.5 Å². The minimum atomic E-state index is -2.50. The molecule has 72 heavy (non-hydrogen) atoms. The zero-order valence-corrected chi connectivity index (χ0v) is 47.1. The molecule has 2 saturated heterocycles. The number of ether oxygens (including phenoxy) is 1. The number of hydrazine groups is 1. The smallest absolute Gasteiger partial charge is 0.324 e. The van der Waals surface area contributed by atoms with Gasteiger partial charge in [-0.05, 0) is 126 Å². The van der Waals surface area contributed by atoms with Crippen LogP contribution in [0.15, 0.2) is 54.7 Å². The van der Waals surface area contributed by atoms with E-state index in [-0.39, 0.29) is 48.5 Å². The molecule has 5 heterocycles. The molecule has 5 atom stereocenters. The third kappa shape index (κ3) is 11.1. The Labute approximate surface area is 431 Å². The molecule has 13 nitrogen and oxygen atoms in total. The topological polar surface area (TPSA) is 147 Å². The van der Waals surface area contributed by atoms with E-state index in [9.17, 15) is 14.4 Å². The van der Waals surface area contributed by atoms with Gasteiger partial charge in [-0.3, -0.25) is 29.2 Å². The van der Waals surface area contributed by atoms with Crippen LogP contribution in [0.2, 0.25) is 16.6 Å². The molecule has 3 N–H and O–H groups in total. The van der Waals surface area contributed by atoms with Gasteiger partial charge in [-0.1, -0.05) is 102 Å². The summed E-state index contributed by atoms with van der Waals surface area (Å²) in [7, 11) is -0.797. The van der Waals surface area contributed by atoms with Gasteiger partial charge in [-0.15, -0.1) is 0 Å². The van der Waals surface area contributed by atoms with E-state index in [1.54, 1.807) is 11.9 Å². The number of likely N-dealkylation sites (N-methyl/N-ethyl adjacent to an activating group) is 1. The highest BCUT2D eigenvalue weighted by molar-refractivity contribution is 6.78. The van der Waals surface area contributed by atoms with Crippen molar-refractivity contribution in [3.63, 3.8) is 0 Å². The molecular weight excluding hydrogens is 919 g/mol. The van der Waals surface area contributed by atoms with Gasteiger partial charge in [-0.2, -0.15) is 0 Å². The second-order valence-corrected chi connectivity index (χ2v) is 29.0. The van der Waals surface area contributed by atoms with E-state index in [0.717, 1.165) is 63.4 Å². The molecule has 14 heteroatoms. The van der Waals surface area contributed by atoms with Crippen LogP contribution in [0.3, 0.4) is 0 Å². The molecule has 0 radical (unpaired) electrons. The maximum absolute atomic E-state index is 15.2. The van der Waals surface area contributed by atoms with Crippen LogP contribution in [0.25, 0.3) is 33.3 Å². The number of aromatic nitrogens is 2. The zero-order chi connectivity index (χ0) is 52.6. The summed E-state index contributed by atoms with van der Waals surface area (Å²) in [6.07, 6.45) is 3.67. The lowest BCUT2D eigenvalue weighted by atomic mass is 9.83. The Morgan fingerprint density at radius 1 is 0.958 bits per heavy atom. The Morgan fingerprint density at radius 2 is 1.67 bits per heavy atom. The number of benzene rings is 2. The number of pyridine rings is 1. The molecule has 3 aliphatic rings. The van der Waals surface area contributed by atoms with E-state index < -0.39 is 43.7 Å². The minimum absolute atomic E-state index is 0.0930. The number of fused-ring (bicyclic) bond motifs is 6. The van der Waals surface area contributed by atoms with Gasteiger partial charge in [0.15, 0.2) is 0 Å². The lowest BCUT2D eigenvalue weighted by Gasteiger charge is -2.42. The second kappa shape index (κ2) is 22.2. The first-order valence-corrected chi connectivity index (χ1v) is 29.1. The van der Waals surface area contributed by atoms with Crippen LogP contribution in [-0.4, -0.2) is 103 Å². The number of aryl methyl sites for hydroxylation is 1. The maximum Gasteiger partial charge on any atom is 0.324 e. The molecular formula is C58H85N7O6Si. The number of nitrogens with zero attached hydrogens (tertiary/aromatic N) is 4. The molecule has 7 rings (SSSR count). The first-order valence-electron chi connectivity index (χ1n) is 26.9. The van der Waals surface area contributed by atoms with E-state index in [1.165, 1.54) is 10.6 Å². The number of carbonyl (C=O) groups is 4. The number of nitrogens with one attached hydrogen (secondary N) is 3. The average molecular weight is 1000 g/mol. The van der Waals surface area contributed by atoms with E-state index in [0.29, 0.717) is 49.0 Å². The second-order valence-electron chi connectivity index (χ2n) is 23.6. The summed E-state index contributed by atoms with van der Waals surface area (Å²) in [6, 6.07) is 14.6. The molecule has 2 fully saturated rings. The number of hydrogen-bond donors (Lipinski definition) is 3. The van der Waals surface area contributed by atoms with Crippen LogP contribution < -0.4 is 20.5 Å².